The van der Waals surface area contributed by atoms with Gasteiger partial charge in [-0.1, -0.05) is 76.6 Å². The molecule has 0 aromatic heterocycles. The lowest BCUT2D eigenvalue weighted by atomic mass is 10.0. The maximum Gasteiger partial charge on any atom is -0.0279 e. The number of aryl methyl sites for hydroxylation is 2. The molecule has 0 atom stereocenters. The second-order valence-electron chi connectivity index (χ2n) is 5.44. The molecule has 0 heterocycles. The van der Waals surface area contributed by atoms with Crippen molar-refractivity contribution < 1.29 is 0 Å². The minimum absolute atomic E-state index is 1.25. The van der Waals surface area contributed by atoms with Gasteiger partial charge in [-0.25, -0.2) is 0 Å². The Balaban J connectivity index is 2.20. The first-order valence-corrected chi connectivity index (χ1v) is 7.94. The SMILES string of the molecule is CCCCCCCCc1cccc(CCCC)c1. The molecule has 0 fully saturated rings. The van der Waals surface area contributed by atoms with E-state index < -0.39 is 0 Å². The zero-order valence-electron chi connectivity index (χ0n) is 12.4. The third-order valence-electron chi connectivity index (χ3n) is 3.63. The van der Waals surface area contributed by atoms with E-state index in [-0.39, 0.29) is 0 Å². The summed E-state index contributed by atoms with van der Waals surface area (Å²) >= 11 is 0. The van der Waals surface area contributed by atoms with Crippen molar-refractivity contribution >= 4 is 0 Å². The van der Waals surface area contributed by atoms with Crippen LogP contribution in [0.1, 0.15) is 76.3 Å². The van der Waals surface area contributed by atoms with Crippen LogP contribution in [0.2, 0.25) is 0 Å². The van der Waals surface area contributed by atoms with Crippen molar-refractivity contribution in [1.29, 1.82) is 0 Å². The van der Waals surface area contributed by atoms with Crippen molar-refractivity contribution in [3.8, 4) is 0 Å². The van der Waals surface area contributed by atoms with Gasteiger partial charge in [-0.05, 0) is 36.8 Å². The maximum absolute atomic E-state index is 2.42. The van der Waals surface area contributed by atoms with Gasteiger partial charge in [0, 0.05) is 0 Å². The van der Waals surface area contributed by atoms with Gasteiger partial charge in [-0.3, -0.25) is 0 Å². The number of hydrogen-bond acceptors (Lipinski definition) is 0. The van der Waals surface area contributed by atoms with E-state index in [0.717, 1.165) is 0 Å². The van der Waals surface area contributed by atoms with Crippen LogP contribution in [-0.2, 0) is 12.8 Å². The molecule has 0 aliphatic heterocycles. The standard InChI is InChI=1S/C18H30/c1-3-5-7-8-9-10-13-18-15-11-14-17(16-18)12-6-4-2/h11,14-16H,3-10,12-13H2,1-2H3. The molecule has 18 heavy (non-hydrogen) atoms. The highest BCUT2D eigenvalue weighted by Crippen LogP contribution is 2.13. The fourth-order valence-electron chi connectivity index (χ4n) is 2.43. The Morgan fingerprint density at radius 2 is 1.22 bits per heavy atom. The monoisotopic (exact) mass is 246 g/mol. The Labute approximate surface area is 114 Å². The summed E-state index contributed by atoms with van der Waals surface area (Å²) in [6.45, 7) is 4.54. The van der Waals surface area contributed by atoms with Crippen LogP contribution in [0.3, 0.4) is 0 Å². The minimum atomic E-state index is 1.25. The van der Waals surface area contributed by atoms with Gasteiger partial charge in [0.2, 0.25) is 0 Å². The molecule has 0 saturated heterocycles. The van der Waals surface area contributed by atoms with Gasteiger partial charge in [-0.2, -0.15) is 0 Å². The molecule has 0 aliphatic carbocycles. The molecule has 1 aromatic carbocycles. The first kappa shape index (κ1) is 15.3. The highest BCUT2D eigenvalue weighted by Gasteiger charge is 1.97. The number of rotatable bonds is 10. The van der Waals surface area contributed by atoms with Gasteiger partial charge >= 0.3 is 0 Å². The molecule has 1 rings (SSSR count). The molecule has 0 spiro atoms. The number of unbranched alkanes of at least 4 members (excludes halogenated alkanes) is 6. The van der Waals surface area contributed by atoms with Crippen molar-refractivity contribution in [2.75, 3.05) is 0 Å². The van der Waals surface area contributed by atoms with Crippen molar-refractivity contribution in [2.45, 2.75) is 78.1 Å². The zero-order valence-corrected chi connectivity index (χ0v) is 12.4. The van der Waals surface area contributed by atoms with Gasteiger partial charge < -0.3 is 0 Å². The van der Waals surface area contributed by atoms with E-state index in [2.05, 4.69) is 38.1 Å². The summed E-state index contributed by atoms with van der Waals surface area (Å²) in [5.74, 6) is 0. The van der Waals surface area contributed by atoms with E-state index in [0.29, 0.717) is 0 Å². The Kier molecular flexibility index (Phi) is 8.63. The fourth-order valence-corrected chi connectivity index (χ4v) is 2.43. The molecule has 0 unspecified atom stereocenters. The van der Waals surface area contributed by atoms with Crippen LogP contribution in [0, 0.1) is 0 Å². The molecule has 0 nitrogen and oxygen atoms in total. The summed E-state index contributed by atoms with van der Waals surface area (Å²) in [5, 5.41) is 0. The van der Waals surface area contributed by atoms with Crippen LogP contribution >= 0.6 is 0 Å². The van der Waals surface area contributed by atoms with Crippen LogP contribution in [0.5, 0.6) is 0 Å². The Hall–Kier alpha value is -0.780. The molecule has 0 radical (unpaired) electrons. The van der Waals surface area contributed by atoms with Crippen molar-refractivity contribution in [2.24, 2.45) is 0 Å². The lowest BCUT2D eigenvalue weighted by molar-refractivity contribution is 0.607. The van der Waals surface area contributed by atoms with E-state index in [1.54, 1.807) is 5.56 Å². The molecular formula is C18H30. The second-order valence-corrected chi connectivity index (χ2v) is 5.44. The molecular weight excluding hydrogens is 216 g/mol. The third kappa shape index (κ3) is 6.83. The minimum Gasteiger partial charge on any atom is -0.0654 e. The van der Waals surface area contributed by atoms with Gasteiger partial charge in [0.05, 0.1) is 0 Å². The predicted molar refractivity (Wildman–Crippen MR) is 82.1 cm³/mol. The average molecular weight is 246 g/mol. The Morgan fingerprint density at radius 3 is 1.89 bits per heavy atom. The topological polar surface area (TPSA) is 0 Å². The summed E-state index contributed by atoms with van der Waals surface area (Å²) in [5.41, 5.74) is 3.07. The molecule has 102 valence electrons. The normalized spacial score (nSPS) is 10.8. The van der Waals surface area contributed by atoms with Crippen molar-refractivity contribution in [1.82, 2.24) is 0 Å². The summed E-state index contributed by atoms with van der Waals surface area (Å²) in [6.07, 6.45) is 13.5. The quantitative estimate of drug-likeness (QED) is 0.449. The van der Waals surface area contributed by atoms with Gasteiger partial charge in [-0.15, -0.1) is 0 Å². The van der Waals surface area contributed by atoms with Crippen molar-refractivity contribution in [3.63, 3.8) is 0 Å². The van der Waals surface area contributed by atoms with Crippen molar-refractivity contribution in [3.05, 3.63) is 35.4 Å². The average Bonchev–Trinajstić information content (AvgIpc) is 2.41. The molecule has 0 saturated carbocycles. The van der Waals surface area contributed by atoms with Crippen LogP contribution in [0.4, 0.5) is 0 Å². The van der Waals surface area contributed by atoms with E-state index in [1.807, 2.05) is 0 Å². The summed E-state index contributed by atoms with van der Waals surface area (Å²) in [6, 6.07) is 9.22. The highest BCUT2D eigenvalue weighted by atomic mass is 14.0. The second kappa shape index (κ2) is 10.2. The summed E-state index contributed by atoms with van der Waals surface area (Å²) in [7, 11) is 0. The van der Waals surface area contributed by atoms with Crippen LogP contribution < -0.4 is 0 Å². The van der Waals surface area contributed by atoms with E-state index in [4.69, 9.17) is 0 Å². The molecule has 0 amide bonds. The molecule has 0 N–H and O–H groups in total. The Morgan fingerprint density at radius 1 is 0.667 bits per heavy atom. The molecule has 1 aromatic rings. The first-order chi connectivity index (χ1) is 8.86. The van der Waals surface area contributed by atoms with Gasteiger partial charge in [0.25, 0.3) is 0 Å². The largest absolute Gasteiger partial charge is 0.0654 e. The van der Waals surface area contributed by atoms with Crippen LogP contribution in [0.25, 0.3) is 0 Å². The predicted octanol–water partition coefficient (Wildman–Crippen LogP) is 5.93. The molecule has 0 aliphatic rings. The Bertz CT molecular complexity index is 301. The highest BCUT2D eigenvalue weighted by molar-refractivity contribution is 5.23. The van der Waals surface area contributed by atoms with E-state index in [9.17, 15) is 0 Å². The molecule has 0 bridgehead atoms. The van der Waals surface area contributed by atoms with Gasteiger partial charge in [0.15, 0.2) is 0 Å². The lowest BCUT2D eigenvalue weighted by Gasteiger charge is -2.05. The molecule has 0 heteroatoms. The zero-order chi connectivity index (χ0) is 13.1. The fraction of sp³-hybridized carbons (Fsp3) is 0.667. The van der Waals surface area contributed by atoms with E-state index in [1.165, 1.54) is 69.8 Å². The van der Waals surface area contributed by atoms with Crippen LogP contribution in [-0.4, -0.2) is 0 Å². The third-order valence-corrected chi connectivity index (χ3v) is 3.63. The smallest absolute Gasteiger partial charge is 0.0279 e. The van der Waals surface area contributed by atoms with Crippen LogP contribution in [0.15, 0.2) is 24.3 Å². The first-order valence-electron chi connectivity index (χ1n) is 7.94. The van der Waals surface area contributed by atoms with Gasteiger partial charge in [0.1, 0.15) is 0 Å². The summed E-state index contributed by atoms with van der Waals surface area (Å²) < 4.78 is 0. The summed E-state index contributed by atoms with van der Waals surface area (Å²) in [4.78, 5) is 0. The number of benzene rings is 1. The van der Waals surface area contributed by atoms with E-state index >= 15 is 0 Å². The maximum atomic E-state index is 2.42. The number of hydrogen-bond donors (Lipinski definition) is 0. The lowest BCUT2D eigenvalue weighted by Crippen LogP contribution is -1.90.